The lowest BCUT2D eigenvalue weighted by Crippen LogP contribution is -2.31. The average Bonchev–Trinajstić information content (AvgIpc) is 2.68. The van der Waals surface area contributed by atoms with Gasteiger partial charge in [0.1, 0.15) is 0 Å². The zero-order valence-electron chi connectivity index (χ0n) is 14.0. The number of aromatic amines is 1. The van der Waals surface area contributed by atoms with Gasteiger partial charge in [0.15, 0.2) is 5.82 Å². The molecule has 0 saturated carbocycles. The quantitative estimate of drug-likeness (QED) is 0.586. The van der Waals surface area contributed by atoms with Gasteiger partial charge in [0, 0.05) is 18.7 Å². The van der Waals surface area contributed by atoms with Gasteiger partial charge in [0.2, 0.25) is 0 Å². The normalized spacial score (nSPS) is 10.5. The third kappa shape index (κ3) is 4.13. The number of hydrogen-bond acceptors (Lipinski definition) is 4. The van der Waals surface area contributed by atoms with Crippen molar-refractivity contribution in [2.75, 3.05) is 13.1 Å². The second kappa shape index (κ2) is 8.06. The van der Waals surface area contributed by atoms with E-state index in [1.165, 1.54) is 0 Å². The summed E-state index contributed by atoms with van der Waals surface area (Å²) in [4.78, 5) is 42.6. The minimum atomic E-state index is -0.456. The molecule has 2 amide bonds. The van der Waals surface area contributed by atoms with Gasteiger partial charge in [0.25, 0.3) is 17.4 Å². The molecule has 0 spiro atoms. The van der Waals surface area contributed by atoms with Gasteiger partial charge in [-0.3, -0.25) is 14.4 Å². The average molecular weight is 350 g/mol. The second-order valence-corrected chi connectivity index (χ2v) is 5.66. The number of aromatic nitrogens is 2. The second-order valence-electron chi connectivity index (χ2n) is 5.66. The molecule has 0 aliphatic heterocycles. The summed E-state index contributed by atoms with van der Waals surface area (Å²) in [6, 6.07) is 15.7. The van der Waals surface area contributed by atoms with Crippen molar-refractivity contribution in [3.05, 3.63) is 76.3 Å². The number of fused-ring (bicyclic) bond motifs is 1. The fourth-order valence-electron chi connectivity index (χ4n) is 2.46. The van der Waals surface area contributed by atoms with Crippen LogP contribution < -0.4 is 16.2 Å². The van der Waals surface area contributed by atoms with Crippen molar-refractivity contribution in [3.63, 3.8) is 0 Å². The molecule has 3 rings (SSSR count). The molecule has 3 aromatic rings. The van der Waals surface area contributed by atoms with Crippen LogP contribution in [0.15, 0.2) is 59.4 Å². The number of H-pyrrole nitrogens is 1. The number of carbonyl (C=O) groups is 2. The van der Waals surface area contributed by atoms with Gasteiger partial charge in [-0.2, -0.15) is 0 Å². The number of amides is 2. The Kier molecular flexibility index (Phi) is 5.38. The molecule has 26 heavy (non-hydrogen) atoms. The molecule has 0 bridgehead atoms. The molecule has 1 heterocycles. The van der Waals surface area contributed by atoms with Gasteiger partial charge in [-0.25, -0.2) is 4.98 Å². The van der Waals surface area contributed by atoms with Crippen LogP contribution in [0.1, 0.15) is 27.4 Å². The number of hydrogen-bond donors (Lipinski definition) is 3. The fourth-order valence-corrected chi connectivity index (χ4v) is 2.46. The van der Waals surface area contributed by atoms with E-state index in [1.54, 1.807) is 48.5 Å². The smallest absolute Gasteiger partial charge is 0.287 e. The van der Waals surface area contributed by atoms with Gasteiger partial charge in [0.05, 0.1) is 10.9 Å². The molecule has 0 aliphatic rings. The summed E-state index contributed by atoms with van der Waals surface area (Å²) in [5, 5.41) is 5.90. The predicted molar refractivity (Wildman–Crippen MR) is 98.1 cm³/mol. The summed E-state index contributed by atoms with van der Waals surface area (Å²) in [5.41, 5.74) is 0.710. The number of benzene rings is 2. The summed E-state index contributed by atoms with van der Waals surface area (Å²) >= 11 is 0. The zero-order chi connectivity index (χ0) is 18.4. The van der Waals surface area contributed by atoms with Crippen LogP contribution >= 0.6 is 0 Å². The summed E-state index contributed by atoms with van der Waals surface area (Å²) in [6.07, 6.45) is 0.558. The van der Waals surface area contributed by atoms with Gasteiger partial charge in [-0.05, 0) is 30.7 Å². The molecule has 7 heteroatoms. The molecule has 0 aliphatic carbocycles. The molecule has 132 valence electrons. The summed E-state index contributed by atoms with van der Waals surface area (Å²) < 4.78 is 0. The third-order valence-corrected chi connectivity index (χ3v) is 3.79. The van der Waals surface area contributed by atoms with E-state index in [2.05, 4.69) is 20.6 Å². The highest BCUT2D eigenvalue weighted by atomic mass is 16.2. The third-order valence-electron chi connectivity index (χ3n) is 3.79. The van der Waals surface area contributed by atoms with E-state index in [0.29, 0.717) is 36.0 Å². The molecule has 3 N–H and O–H groups in total. The zero-order valence-corrected chi connectivity index (χ0v) is 14.0. The molecule has 7 nitrogen and oxygen atoms in total. The number of rotatable bonds is 6. The Balaban J connectivity index is 1.49. The van der Waals surface area contributed by atoms with Crippen molar-refractivity contribution in [3.8, 4) is 0 Å². The predicted octanol–water partition coefficient (Wildman–Crippen LogP) is 1.47. The van der Waals surface area contributed by atoms with Crippen LogP contribution in [0, 0.1) is 0 Å². The maximum atomic E-state index is 12.1. The van der Waals surface area contributed by atoms with E-state index in [0.717, 1.165) is 0 Å². The molecule has 2 aromatic carbocycles. The first-order chi connectivity index (χ1) is 12.6. The van der Waals surface area contributed by atoms with Gasteiger partial charge in [-0.1, -0.05) is 30.3 Å². The number of nitrogens with one attached hydrogen (secondary N) is 3. The molecule has 0 saturated heterocycles. The minimum absolute atomic E-state index is 0.0259. The number of nitrogens with zero attached hydrogens (tertiary/aromatic N) is 1. The van der Waals surface area contributed by atoms with E-state index >= 15 is 0 Å². The van der Waals surface area contributed by atoms with E-state index in [1.807, 2.05) is 6.07 Å². The summed E-state index contributed by atoms with van der Waals surface area (Å²) in [5.74, 6) is -0.637. The Labute approximate surface area is 149 Å². The molecule has 0 fully saturated rings. The first kappa shape index (κ1) is 17.3. The van der Waals surface area contributed by atoms with Crippen LogP contribution in [0.4, 0.5) is 0 Å². The Morgan fingerprint density at radius 2 is 1.54 bits per heavy atom. The molecule has 0 radical (unpaired) electrons. The van der Waals surface area contributed by atoms with Crippen LogP contribution in [0.3, 0.4) is 0 Å². The van der Waals surface area contributed by atoms with Crippen molar-refractivity contribution in [1.82, 2.24) is 20.6 Å². The molecule has 0 unspecified atom stereocenters. The van der Waals surface area contributed by atoms with Crippen LogP contribution in [0.25, 0.3) is 10.9 Å². The summed E-state index contributed by atoms with van der Waals surface area (Å²) in [6.45, 7) is 0.778. The van der Waals surface area contributed by atoms with E-state index in [4.69, 9.17) is 0 Å². The lowest BCUT2D eigenvalue weighted by atomic mass is 10.2. The number of para-hydroxylation sites is 1. The molecular weight excluding hydrogens is 332 g/mol. The molecule has 1 aromatic heterocycles. The van der Waals surface area contributed by atoms with Gasteiger partial charge >= 0.3 is 0 Å². The molecular formula is C19H18N4O3. The fraction of sp³-hybridized carbons (Fsp3) is 0.158. The molecule has 0 atom stereocenters. The van der Waals surface area contributed by atoms with Crippen LogP contribution in [-0.2, 0) is 0 Å². The van der Waals surface area contributed by atoms with Crippen molar-refractivity contribution >= 4 is 22.7 Å². The van der Waals surface area contributed by atoms with Crippen LogP contribution in [0.2, 0.25) is 0 Å². The Bertz CT molecular complexity index is 983. The van der Waals surface area contributed by atoms with Gasteiger partial charge in [-0.15, -0.1) is 0 Å². The summed E-state index contributed by atoms with van der Waals surface area (Å²) in [7, 11) is 0. The lowest BCUT2D eigenvalue weighted by Gasteiger charge is -2.07. The highest BCUT2D eigenvalue weighted by Crippen LogP contribution is 2.05. The maximum Gasteiger partial charge on any atom is 0.287 e. The van der Waals surface area contributed by atoms with Crippen molar-refractivity contribution in [1.29, 1.82) is 0 Å². The van der Waals surface area contributed by atoms with Crippen molar-refractivity contribution in [2.24, 2.45) is 0 Å². The lowest BCUT2D eigenvalue weighted by molar-refractivity contribution is 0.0942. The minimum Gasteiger partial charge on any atom is -0.352 e. The Morgan fingerprint density at radius 3 is 2.31 bits per heavy atom. The maximum absolute atomic E-state index is 12.1. The highest BCUT2D eigenvalue weighted by molar-refractivity contribution is 5.94. The van der Waals surface area contributed by atoms with Crippen LogP contribution in [-0.4, -0.2) is 34.9 Å². The largest absolute Gasteiger partial charge is 0.352 e. The van der Waals surface area contributed by atoms with Gasteiger partial charge < -0.3 is 15.6 Å². The monoisotopic (exact) mass is 350 g/mol. The van der Waals surface area contributed by atoms with Crippen LogP contribution in [0.5, 0.6) is 0 Å². The Hall–Kier alpha value is -3.48. The van der Waals surface area contributed by atoms with E-state index in [9.17, 15) is 14.4 Å². The van der Waals surface area contributed by atoms with Crippen molar-refractivity contribution < 1.29 is 9.59 Å². The topological polar surface area (TPSA) is 104 Å². The number of carbonyl (C=O) groups excluding carboxylic acids is 2. The first-order valence-electron chi connectivity index (χ1n) is 8.25. The standard InChI is InChI=1S/C19H18N4O3/c24-17(13-7-2-1-3-8-13)20-11-6-12-21-19(26)16-22-15-10-5-4-9-14(15)18(25)23-16/h1-5,7-10H,6,11-12H2,(H,20,24)(H,21,26)(H,22,23,25). The van der Waals surface area contributed by atoms with E-state index in [-0.39, 0.29) is 17.3 Å². The first-order valence-corrected chi connectivity index (χ1v) is 8.25. The van der Waals surface area contributed by atoms with E-state index < -0.39 is 5.91 Å². The highest BCUT2D eigenvalue weighted by Gasteiger charge is 2.10. The Morgan fingerprint density at radius 1 is 0.885 bits per heavy atom. The van der Waals surface area contributed by atoms with Crippen molar-refractivity contribution in [2.45, 2.75) is 6.42 Å². The SMILES string of the molecule is O=C(NCCCNC(=O)c1nc2ccccc2c(=O)[nH]1)c1ccccc1.